The average Bonchev–Trinajstić information content (AvgIpc) is 3.20. The van der Waals surface area contributed by atoms with Gasteiger partial charge in [-0.1, -0.05) is 86.1 Å². The van der Waals surface area contributed by atoms with Crippen molar-refractivity contribution in [1.82, 2.24) is 0 Å². The second kappa shape index (κ2) is 13.5. The van der Waals surface area contributed by atoms with Gasteiger partial charge in [-0.25, -0.2) is 0 Å². The van der Waals surface area contributed by atoms with Crippen molar-refractivity contribution in [3.05, 3.63) is 22.8 Å². The first-order chi connectivity index (χ1) is 19.9. The molecule has 0 aliphatic heterocycles. The van der Waals surface area contributed by atoms with Crippen molar-refractivity contribution in [1.29, 1.82) is 0 Å². The zero-order valence-electron chi connectivity index (χ0n) is 31.6. The predicted molar refractivity (Wildman–Crippen MR) is 195 cm³/mol. The van der Waals surface area contributed by atoms with E-state index in [-0.39, 0.29) is 22.3 Å². The maximum Gasteiger partial charge on any atom is 0.192 e. The second-order valence-corrected chi connectivity index (χ2v) is 28.4. The van der Waals surface area contributed by atoms with E-state index in [0.717, 1.165) is 38.0 Å². The summed E-state index contributed by atoms with van der Waals surface area (Å²) in [5.74, 6) is 9.56. The molecule has 0 aromatic rings. The van der Waals surface area contributed by atoms with Gasteiger partial charge in [0.25, 0.3) is 0 Å². The highest BCUT2D eigenvalue weighted by Crippen LogP contribution is 2.58. The van der Waals surface area contributed by atoms with Crippen molar-refractivity contribution in [3.8, 4) is 11.8 Å². The highest BCUT2D eigenvalue weighted by atomic mass is 28.4. The summed E-state index contributed by atoms with van der Waals surface area (Å²) in [5, 5.41) is 10.6. The Morgan fingerprint density at radius 2 is 1.55 bits per heavy atom. The molecular weight excluding hydrogens is 573 g/mol. The first kappa shape index (κ1) is 37.8. The molecule has 252 valence electrons. The fraction of sp³-hybridized carbons (Fsp3) is 0.846. The van der Waals surface area contributed by atoms with Gasteiger partial charge in [-0.05, 0) is 118 Å². The van der Waals surface area contributed by atoms with Crippen LogP contribution in [0.3, 0.4) is 0 Å². The molecule has 0 spiro atoms. The van der Waals surface area contributed by atoms with Gasteiger partial charge in [0.1, 0.15) is 0 Å². The van der Waals surface area contributed by atoms with Gasteiger partial charge in [-0.3, -0.25) is 0 Å². The molecule has 3 aliphatic carbocycles. The van der Waals surface area contributed by atoms with E-state index in [4.69, 9.17) is 8.85 Å². The van der Waals surface area contributed by atoms with Crippen LogP contribution >= 0.6 is 0 Å². The van der Waals surface area contributed by atoms with Gasteiger partial charge >= 0.3 is 0 Å². The van der Waals surface area contributed by atoms with Crippen molar-refractivity contribution in [2.24, 2.45) is 23.2 Å². The Labute approximate surface area is 275 Å². The minimum Gasteiger partial charge on any atom is -0.413 e. The Kier molecular flexibility index (Phi) is 11.6. The lowest BCUT2D eigenvalue weighted by atomic mass is 9.62. The average molecular weight is 643 g/mol. The summed E-state index contributed by atoms with van der Waals surface area (Å²) >= 11 is 0. The fourth-order valence-electron chi connectivity index (χ4n) is 7.68. The summed E-state index contributed by atoms with van der Waals surface area (Å²) in [6.07, 6.45) is 12.7. The lowest BCUT2D eigenvalue weighted by Gasteiger charge is -2.45. The highest BCUT2D eigenvalue weighted by molar-refractivity contribution is 6.74. The molecule has 3 rings (SSSR count). The van der Waals surface area contributed by atoms with Crippen LogP contribution in [0.15, 0.2) is 22.8 Å². The minimum absolute atomic E-state index is 0.0786. The summed E-state index contributed by atoms with van der Waals surface area (Å²) in [4.78, 5) is 0. The standard InChI is InChI=1S/C39H70O3Si2/c1-28(18-16-24-38(9,10)40)33-22-23-34-30(19-17-25-39(33,34)11)20-21-31-26-32(41-43(12,13)36(3,4)5)27-35(29(31)2)42-44(14,15)37(6,7)8/h19,28,32-35,40H,16-18,22-27H2,1-15H3/t28-,32+,33-,34+,35-,39-/m1/s1. The van der Waals surface area contributed by atoms with Crippen LogP contribution < -0.4 is 0 Å². The monoisotopic (exact) mass is 642 g/mol. The topological polar surface area (TPSA) is 38.7 Å². The van der Waals surface area contributed by atoms with Gasteiger partial charge in [0.15, 0.2) is 16.6 Å². The zero-order chi connectivity index (χ0) is 33.5. The maximum absolute atomic E-state index is 10.2. The molecular formula is C39H70O3Si2. The zero-order valence-corrected chi connectivity index (χ0v) is 33.6. The molecule has 0 unspecified atom stereocenters. The second-order valence-electron chi connectivity index (χ2n) is 18.8. The van der Waals surface area contributed by atoms with Crippen molar-refractivity contribution in [2.45, 2.75) is 188 Å². The molecule has 44 heavy (non-hydrogen) atoms. The molecule has 0 radical (unpaired) electrons. The molecule has 0 heterocycles. The summed E-state index contributed by atoms with van der Waals surface area (Å²) in [6.45, 7) is 34.7. The van der Waals surface area contributed by atoms with Crippen LogP contribution in [0.4, 0.5) is 0 Å². The van der Waals surface area contributed by atoms with Crippen molar-refractivity contribution < 1.29 is 14.0 Å². The molecule has 6 atom stereocenters. The van der Waals surface area contributed by atoms with Crippen LogP contribution in [0, 0.1) is 35.0 Å². The summed E-state index contributed by atoms with van der Waals surface area (Å²) in [7, 11) is -3.89. The molecule has 0 aromatic carbocycles. The van der Waals surface area contributed by atoms with Crippen molar-refractivity contribution in [3.63, 3.8) is 0 Å². The van der Waals surface area contributed by atoms with Crippen LogP contribution in [0.5, 0.6) is 0 Å². The molecule has 0 bridgehead atoms. The summed E-state index contributed by atoms with van der Waals surface area (Å²) in [5.41, 5.74) is 3.74. The van der Waals surface area contributed by atoms with Crippen LogP contribution in [-0.2, 0) is 8.85 Å². The van der Waals surface area contributed by atoms with Crippen LogP contribution in [-0.4, -0.2) is 39.6 Å². The Morgan fingerprint density at radius 3 is 2.11 bits per heavy atom. The normalized spacial score (nSPS) is 29.6. The summed E-state index contributed by atoms with van der Waals surface area (Å²) in [6, 6.07) is 0. The number of rotatable bonds is 9. The van der Waals surface area contributed by atoms with E-state index < -0.39 is 22.2 Å². The molecule has 1 N–H and O–H groups in total. The van der Waals surface area contributed by atoms with Crippen LogP contribution in [0.2, 0.25) is 36.3 Å². The summed E-state index contributed by atoms with van der Waals surface area (Å²) < 4.78 is 14.2. The number of hydrogen-bond donors (Lipinski definition) is 1. The number of fused-ring (bicyclic) bond motifs is 1. The van der Waals surface area contributed by atoms with E-state index in [1.54, 1.807) is 0 Å². The molecule has 3 nitrogen and oxygen atoms in total. The fourth-order valence-corrected chi connectivity index (χ4v) is 10.4. The smallest absolute Gasteiger partial charge is 0.192 e. The van der Waals surface area contributed by atoms with E-state index >= 15 is 0 Å². The first-order valence-corrected chi connectivity index (χ1v) is 23.7. The molecule has 0 amide bonds. The van der Waals surface area contributed by atoms with E-state index in [9.17, 15) is 5.11 Å². The first-order valence-electron chi connectivity index (χ1n) is 17.9. The van der Waals surface area contributed by atoms with Crippen LogP contribution in [0.25, 0.3) is 0 Å². The Hall–Kier alpha value is -0.646. The number of hydrogen-bond acceptors (Lipinski definition) is 3. The van der Waals surface area contributed by atoms with Gasteiger partial charge in [-0.15, -0.1) is 0 Å². The number of allylic oxidation sites excluding steroid dienone is 2. The van der Waals surface area contributed by atoms with E-state index in [2.05, 4.69) is 106 Å². The Balaban J connectivity index is 1.87. The quantitative estimate of drug-likeness (QED) is 0.201. The van der Waals surface area contributed by atoms with Gasteiger partial charge in [0.2, 0.25) is 0 Å². The SMILES string of the molecule is CC1=C(C#CC2=CCC[C@]3(C)[C@@H]([C@H](C)CCCC(C)(C)O)CC[C@@H]23)C[C@H](O[Si](C)(C)C(C)(C)C)C[C@H]1O[Si](C)(C)C(C)(C)C. The molecule has 3 aliphatic rings. The predicted octanol–water partition coefficient (Wildman–Crippen LogP) is 11.2. The van der Waals surface area contributed by atoms with Gasteiger partial charge in [0, 0.05) is 24.0 Å². The molecule has 0 aromatic heterocycles. The third-order valence-corrected chi connectivity index (χ3v) is 21.7. The maximum atomic E-state index is 10.2. The largest absolute Gasteiger partial charge is 0.413 e. The van der Waals surface area contributed by atoms with Gasteiger partial charge in [0.05, 0.1) is 17.8 Å². The van der Waals surface area contributed by atoms with E-state index in [1.165, 1.54) is 42.4 Å². The Morgan fingerprint density at radius 1 is 0.955 bits per heavy atom. The van der Waals surface area contributed by atoms with Crippen LogP contribution in [0.1, 0.15) is 134 Å². The third-order valence-electron chi connectivity index (χ3n) is 12.7. The molecule has 0 saturated heterocycles. The highest BCUT2D eigenvalue weighted by Gasteiger charge is 2.50. The van der Waals surface area contributed by atoms with Gasteiger partial charge < -0.3 is 14.0 Å². The lowest BCUT2D eigenvalue weighted by Crippen LogP contribution is -2.49. The molecule has 5 heteroatoms. The minimum atomic E-state index is -1.96. The van der Waals surface area contributed by atoms with Gasteiger partial charge in [-0.2, -0.15) is 0 Å². The Bertz CT molecular complexity index is 1130. The van der Waals surface area contributed by atoms with E-state index in [0.29, 0.717) is 17.3 Å². The van der Waals surface area contributed by atoms with E-state index in [1.807, 2.05) is 13.8 Å². The molecule has 1 saturated carbocycles. The number of aliphatic hydroxyl groups is 1. The lowest BCUT2D eigenvalue weighted by molar-refractivity contribution is 0.0614. The third kappa shape index (κ3) is 8.83. The molecule has 1 fully saturated rings. The van der Waals surface area contributed by atoms with Crippen molar-refractivity contribution in [2.75, 3.05) is 0 Å². The van der Waals surface area contributed by atoms with Crippen molar-refractivity contribution >= 4 is 16.6 Å².